The smallest absolute Gasteiger partial charge is 0.279 e. The van der Waals surface area contributed by atoms with Crippen molar-refractivity contribution in [2.24, 2.45) is 10.1 Å². The molecule has 2 aromatic carbocycles. The van der Waals surface area contributed by atoms with Gasteiger partial charge in [0.1, 0.15) is 11.5 Å². The summed E-state index contributed by atoms with van der Waals surface area (Å²) in [6.07, 6.45) is 0. The lowest BCUT2D eigenvalue weighted by Gasteiger charge is -2.07. The van der Waals surface area contributed by atoms with Gasteiger partial charge in [0, 0.05) is 24.1 Å². The molecule has 0 saturated carbocycles. The van der Waals surface area contributed by atoms with Crippen LogP contribution in [0.25, 0.3) is 10.6 Å². The third kappa shape index (κ3) is 3.41. The summed E-state index contributed by atoms with van der Waals surface area (Å²) in [7, 11) is 1.70. The predicted molar refractivity (Wildman–Crippen MR) is 119 cm³/mol. The van der Waals surface area contributed by atoms with E-state index >= 15 is 0 Å². The van der Waals surface area contributed by atoms with Crippen molar-refractivity contribution in [1.82, 2.24) is 4.68 Å². The summed E-state index contributed by atoms with van der Waals surface area (Å²) < 4.78 is 29.1. The highest BCUT2D eigenvalue weighted by Crippen LogP contribution is 2.30. The molecule has 0 N–H and O–H groups in total. The van der Waals surface area contributed by atoms with E-state index in [0.717, 1.165) is 28.4 Å². The normalized spacial score (nSPS) is 15.2. The SMILES string of the molecule is CN1C(=O)C(=Nn2c(-c3cccs3)csc2=Nc2ccc(F)cc2F)c2ccccc21. The predicted octanol–water partition coefficient (Wildman–Crippen LogP) is 5.02. The summed E-state index contributed by atoms with van der Waals surface area (Å²) in [4.78, 5) is 20.1. The Kier molecular flexibility index (Phi) is 4.84. The fourth-order valence-electron chi connectivity index (χ4n) is 3.29. The fraction of sp³-hybridized carbons (Fsp3) is 0.0455. The number of aromatic nitrogens is 1. The van der Waals surface area contributed by atoms with Crippen LogP contribution in [0.3, 0.4) is 0 Å². The number of rotatable bonds is 3. The molecule has 0 bridgehead atoms. The van der Waals surface area contributed by atoms with E-state index in [1.807, 2.05) is 47.2 Å². The zero-order valence-electron chi connectivity index (χ0n) is 16.1. The highest BCUT2D eigenvalue weighted by Gasteiger charge is 2.31. The molecule has 31 heavy (non-hydrogen) atoms. The van der Waals surface area contributed by atoms with Crippen molar-refractivity contribution in [1.29, 1.82) is 0 Å². The van der Waals surface area contributed by atoms with Crippen LogP contribution in [0.1, 0.15) is 5.56 Å². The molecule has 0 fully saturated rings. The molecule has 0 unspecified atom stereocenters. The van der Waals surface area contributed by atoms with Gasteiger partial charge in [0.2, 0.25) is 4.80 Å². The zero-order chi connectivity index (χ0) is 21.5. The van der Waals surface area contributed by atoms with Crippen LogP contribution in [-0.2, 0) is 4.79 Å². The van der Waals surface area contributed by atoms with Crippen molar-refractivity contribution in [3.05, 3.63) is 87.4 Å². The molecular weight excluding hydrogens is 438 g/mol. The molecule has 5 rings (SSSR count). The van der Waals surface area contributed by atoms with Crippen LogP contribution in [0.4, 0.5) is 20.2 Å². The number of nitrogens with zero attached hydrogens (tertiary/aromatic N) is 4. The van der Waals surface area contributed by atoms with Crippen LogP contribution >= 0.6 is 22.7 Å². The molecule has 0 saturated heterocycles. The van der Waals surface area contributed by atoms with Gasteiger partial charge in [0.15, 0.2) is 11.5 Å². The Bertz CT molecular complexity index is 1400. The molecule has 0 atom stereocenters. The molecule has 0 spiro atoms. The Morgan fingerprint density at radius 3 is 2.61 bits per heavy atom. The molecule has 2 aromatic heterocycles. The molecular formula is C22H14F2N4OS2. The van der Waals surface area contributed by atoms with Gasteiger partial charge in [0.05, 0.1) is 16.3 Å². The first-order valence-electron chi connectivity index (χ1n) is 9.23. The van der Waals surface area contributed by atoms with E-state index in [4.69, 9.17) is 0 Å². The number of benzene rings is 2. The van der Waals surface area contributed by atoms with Crippen molar-refractivity contribution in [2.75, 3.05) is 11.9 Å². The topological polar surface area (TPSA) is 50.0 Å². The van der Waals surface area contributed by atoms with E-state index in [1.54, 1.807) is 16.6 Å². The van der Waals surface area contributed by atoms with Crippen LogP contribution in [0, 0.1) is 11.6 Å². The van der Waals surface area contributed by atoms with E-state index in [1.165, 1.54) is 28.7 Å². The lowest BCUT2D eigenvalue weighted by atomic mass is 10.1. The maximum absolute atomic E-state index is 14.2. The molecule has 1 aliphatic heterocycles. The summed E-state index contributed by atoms with van der Waals surface area (Å²) >= 11 is 2.78. The van der Waals surface area contributed by atoms with E-state index in [9.17, 15) is 13.6 Å². The van der Waals surface area contributed by atoms with E-state index in [2.05, 4.69) is 10.1 Å². The molecule has 1 aliphatic rings. The number of hydrogen-bond acceptors (Lipinski definition) is 5. The van der Waals surface area contributed by atoms with Gasteiger partial charge in [0.25, 0.3) is 5.91 Å². The number of carbonyl (C=O) groups excluding carboxylic acids is 1. The van der Waals surface area contributed by atoms with E-state index in [0.29, 0.717) is 10.4 Å². The molecule has 0 aliphatic carbocycles. The first-order valence-corrected chi connectivity index (χ1v) is 11.0. The first kappa shape index (κ1) is 19.5. The second-order valence-electron chi connectivity index (χ2n) is 6.73. The van der Waals surface area contributed by atoms with Gasteiger partial charge in [-0.1, -0.05) is 24.3 Å². The average Bonchev–Trinajstić information content (AvgIpc) is 3.47. The summed E-state index contributed by atoms with van der Waals surface area (Å²) in [5.41, 5.74) is 2.47. The largest absolute Gasteiger partial charge is 0.309 e. The number of halogens is 2. The monoisotopic (exact) mass is 452 g/mol. The Hall–Kier alpha value is -3.43. The number of thiophene rings is 1. The number of carbonyl (C=O) groups is 1. The lowest BCUT2D eigenvalue weighted by Crippen LogP contribution is -2.27. The summed E-state index contributed by atoms with van der Waals surface area (Å²) in [6.45, 7) is 0. The molecule has 0 radical (unpaired) electrons. The molecule has 154 valence electrons. The van der Waals surface area contributed by atoms with Crippen molar-refractivity contribution < 1.29 is 13.6 Å². The molecule has 4 aromatic rings. The van der Waals surface area contributed by atoms with Crippen molar-refractivity contribution in [2.45, 2.75) is 0 Å². The van der Waals surface area contributed by atoms with Gasteiger partial charge >= 0.3 is 0 Å². The fourth-order valence-corrected chi connectivity index (χ4v) is 4.93. The number of fused-ring (bicyclic) bond motifs is 1. The van der Waals surface area contributed by atoms with Gasteiger partial charge in [-0.25, -0.2) is 18.4 Å². The Morgan fingerprint density at radius 2 is 1.84 bits per heavy atom. The van der Waals surface area contributed by atoms with Crippen molar-refractivity contribution >= 4 is 45.7 Å². The lowest BCUT2D eigenvalue weighted by molar-refractivity contribution is -0.112. The molecule has 9 heteroatoms. The van der Waals surface area contributed by atoms with Gasteiger partial charge < -0.3 is 4.90 Å². The Morgan fingerprint density at radius 1 is 1.00 bits per heavy atom. The standard InChI is InChI=1S/C22H14F2N4OS2/c1-27-17-6-3-2-5-14(17)20(21(27)29)26-28-18(19-7-4-10-30-19)12-31-22(28)25-16-9-8-13(23)11-15(16)24/h2-12H,1H3. The summed E-state index contributed by atoms with van der Waals surface area (Å²) in [5.74, 6) is -1.69. The van der Waals surface area contributed by atoms with Crippen molar-refractivity contribution in [3.8, 4) is 10.6 Å². The molecule has 1 amide bonds. The Balaban J connectivity index is 1.75. The minimum atomic E-state index is -0.771. The van der Waals surface area contributed by atoms with Gasteiger partial charge in [-0.2, -0.15) is 5.10 Å². The highest BCUT2D eigenvalue weighted by molar-refractivity contribution is 7.14. The minimum Gasteiger partial charge on any atom is -0.309 e. The number of hydrogen-bond donors (Lipinski definition) is 0. The zero-order valence-corrected chi connectivity index (χ0v) is 17.8. The Labute approximate surface area is 183 Å². The number of amides is 1. The maximum Gasteiger partial charge on any atom is 0.279 e. The first-order chi connectivity index (χ1) is 15.0. The van der Waals surface area contributed by atoms with Crippen LogP contribution in [0.2, 0.25) is 0 Å². The van der Waals surface area contributed by atoms with E-state index in [-0.39, 0.29) is 17.3 Å². The van der Waals surface area contributed by atoms with E-state index < -0.39 is 11.6 Å². The third-order valence-corrected chi connectivity index (χ3v) is 6.52. The minimum absolute atomic E-state index is 0.00908. The molecule has 5 nitrogen and oxygen atoms in total. The quantitative estimate of drug-likeness (QED) is 0.431. The van der Waals surface area contributed by atoms with Gasteiger partial charge in [-0.15, -0.1) is 22.7 Å². The van der Waals surface area contributed by atoms with Crippen LogP contribution in [-0.4, -0.2) is 23.3 Å². The second kappa shape index (κ2) is 7.68. The highest BCUT2D eigenvalue weighted by atomic mass is 32.1. The number of thiazole rings is 1. The van der Waals surface area contributed by atoms with Crippen LogP contribution in [0.5, 0.6) is 0 Å². The number of anilines is 1. The molecule has 3 heterocycles. The summed E-state index contributed by atoms with van der Waals surface area (Å²) in [6, 6.07) is 14.5. The van der Waals surface area contributed by atoms with Crippen molar-refractivity contribution in [3.63, 3.8) is 0 Å². The number of para-hydroxylation sites is 1. The average molecular weight is 453 g/mol. The van der Waals surface area contributed by atoms with Gasteiger partial charge in [-0.3, -0.25) is 4.79 Å². The number of likely N-dealkylation sites (N-methyl/N-ethyl adjacent to an activating group) is 1. The van der Waals surface area contributed by atoms with Crippen LogP contribution < -0.4 is 9.70 Å². The third-order valence-electron chi connectivity index (χ3n) is 4.81. The summed E-state index contributed by atoms with van der Waals surface area (Å²) in [5, 5.41) is 8.45. The second-order valence-corrected chi connectivity index (χ2v) is 8.51. The van der Waals surface area contributed by atoms with Gasteiger partial charge in [-0.05, 0) is 29.6 Å². The van der Waals surface area contributed by atoms with Crippen LogP contribution in [0.15, 0.2) is 75.5 Å². The maximum atomic E-state index is 14.2.